The highest BCUT2D eigenvalue weighted by atomic mass is 16.9. The van der Waals surface area contributed by atoms with Crippen molar-refractivity contribution in [2.75, 3.05) is 6.61 Å². The minimum absolute atomic E-state index is 0.142. The van der Waals surface area contributed by atoms with Crippen LogP contribution in [-0.2, 0) is 23.7 Å². The third-order valence-electron chi connectivity index (χ3n) is 4.22. The van der Waals surface area contributed by atoms with Gasteiger partial charge in [0.2, 0.25) is 0 Å². The van der Waals surface area contributed by atoms with Gasteiger partial charge in [0.25, 0.3) is 0 Å². The molecule has 0 saturated carbocycles. The molecule has 120 valence electrons. The van der Waals surface area contributed by atoms with Gasteiger partial charge in [0.05, 0.1) is 6.61 Å². The van der Waals surface area contributed by atoms with Gasteiger partial charge >= 0.3 is 0 Å². The summed E-state index contributed by atoms with van der Waals surface area (Å²) in [6.45, 7) is 3.55. The molecule has 0 aliphatic carbocycles. The molecule has 1 aromatic rings. The molecule has 6 nitrogen and oxygen atoms in total. The van der Waals surface area contributed by atoms with Crippen LogP contribution >= 0.6 is 0 Å². The third kappa shape index (κ3) is 2.36. The van der Waals surface area contributed by atoms with Gasteiger partial charge in [-0.1, -0.05) is 30.3 Å². The zero-order valence-electron chi connectivity index (χ0n) is 12.5. The van der Waals surface area contributed by atoms with Crippen LogP contribution in [0.4, 0.5) is 0 Å². The van der Waals surface area contributed by atoms with E-state index in [2.05, 4.69) is 0 Å². The Labute approximate surface area is 128 Å². The average molecular weight is 308 g/mol. The molecule has 0 bridgehead atoms. The van der Waals surface area contributed by atoms with Crippen LogP contribution in [0.2, 0.25) is 0 Å². The molecule has 1 aromatic carbocycles. The molecule has 3 aliphatic heterocycles. The highest BCUT2D eigenvalue weighted by Gasteiger charge is 2.59. The lowest BCUT2D eigenvalue weighted by molar-refractivity contribution is -0.313. The largest absolute Gasteiger partial charge is 0.394 e. The molecule has 22 heavy (non-hydrogen) atoms. The first-order chi connectivity index (χ1) is 10.6. The summed E-state index contributed by atoms with van der Waals surface area (Å²) >= 11 is 0. The lowest BCUT2D eigenvalue weighted by atomic mass is 10.0. The highest BCUT2D eigenvalue weighted by Crippen LogP contribution is 2.44. The van der Waals surface area contributed by atoms with Crippen molar-refractivity contribution in [3.63, 3.8) is 0 Å². The van der Waals surface area contributed by atoms with Crippen molar-refractivity contribution in [2.45, 2.75) is 56.6 Å². The van der Waals surface area contributed by atoms with Crippen LogP contribution in [0.1, 0.15) is 25.7 Å². The molecule has 3 fully saturated rings. The zero-order chi connectivity index (χ0) is 15.3. The van der Waals surface area contributed by atoms with E-state index in [1.807, 2.05) is 44.2 Å². The highest BCUT2D eigenvalue weighted by molar-refractivity contribution is 5.17. The fourth-order valence-corrected chi connectivity index (χ4v) is 3.28. The van der Waals surface area contributed by atoms with Crippen molar-refractivity contribution >= 4 is 0 Å². The number of ether oxygens (including phenoxy) is 5. The Morgan fingerprint density at radius 1 is 0.955 bits per heavy atom. The summed E-state index contributed by atoms with van der Waals surface area (Å²) in [5.74, 6) is -0.696. The molecule has 0 unspecified atom stereocenters. The van der Waals surface area contributed by atoms with Gasteiger partial charge in [-0.05, 0) is 13.8 Å². The quantitative estimate of drug-likeness (QED) is 0.889. The van der Waals surface area contributed by atoms with Gasteiger partial charge in [0.15, 0.2) is 18.4 Å². The molecule has 6 atom stereocenters. The molecule has 3 saturated heterocycles. The molecule has 4 rings (SSSR count). The van der Waals surface area contributed by atoms with Gasteiger partial charge in [-0.3, -0.25) is 0 Å². The van der Waals surface area contributed by atoms with Gasteiger partial charge in [0.1, 0.15) is 24.4 Å². The van der Waals surface area contributed by atoms with E-state index < -0.39 is 30.6 Å². The van der Waals surface area contributed by atoms with Crippen molar-refractivity contribution in [3.8, 4) is 0 Å². The molecule has 1 N–H and O–H groups in total. The molecule has 3 aliphatic rings. The molecular formula is C16H20O6. The first kappa shape index (κ1) is 14.6. The van der Waals surface area contributed by atoms with Crippen molar-refractivity contribution in [1.29, 1.82) is 0 Å². The van der Waals surface area contributed by atoms with Crippen molar-refractivity contribution < 1.29 is 28.8 Å². The molecular weight excluding hydrogens is 288 g/mol. The van der Waals surface area contributed by atoms with Crippen molar-refractivity contribution in [2.24, 2.45) is 0 Å². The molecule has 6 heteroatoms. The van der Waals surface area contributed by atoms with E-state index in [4.69, 9.17) is 23.7 Å². The van der Waals surface area contributed by atoms with Gasteiger partial charge < -0.3 is 28.8 Å². The third-order valence-corrected chi connectivity index (χ3v) is 4.22. The minimum atomic E-state index is -0.696. The number of hydrogen-bond acceptors (Lipinski definition) is 6. The molecule has 0 aromatic heterocycles. The van der Waals surface area contributed by atoms with Crippen LogP contribution in [0.3, 0.4) is 0 Å². The smallest absolute Gasteiger partial charge is 0.190 e. The number of aliphatic hydroxyl groups excluding tert-OH is 1. The van der Waals surface area contributed by atoms with Crippen LogP contribution in [0.5, 0.6) is 0 Å². The van der Waals surface area contributed by atoms with E-state index in [1.165, 1.54) is 0 Å². The fourth-order valence-electron chi connectivity index (χ4n) is 3.28. The average Bonchev–Trinajstić information content (AvgIpc) is 2.99. The second-order valence-corrected chi connectivity index (χ2v) is 6.27. The Bertz CT molecular complexity index is 533. The number of rotatable bonds is 2. The maximum absolute atomic E-state index is 9.63. The second-order valence-electron chi connectivity index (χ2n) is 6.27. The number of hydrogen-bond donors (Lipinski definition) is 1. The summed E-state index contributed by atoms with van der Waals surface area (Å²) < 4.78 is 29.4. The van der Waals surface area contributed by atoms with Crippen LogP contribution < -0.4 is 0 Å². The van der Waals surface area contributed by atoms with Crippen LogP contribution in [0, 0.1) is 0 Å². The second kappa shape index (κ2) is 5.26. The summed E-state index contributed by atoms with van der Waals surface area (Å²) in [5.41, 5.74) is 0.904. The SMILES string of the molecule is CC1(C)O[C@H]2O[C@H]3[C@H](O[C@@H](c4ccccc4)O[C@@H]3CO)[C@H]2O1. The predicted molar refractivity (Wildman–Crippen MR) is 74.7 cm³/mol. The number of benzene rings is 1. The Hall–Kier alpha value is -1.02. The fraction of sp³-hybridized carbons (Fsp3) is 0.625. The predicted octanol–water partition coefficient (Wildman–Crippen LogP) is 1.34. The topological polar surface area (TPSA) is 66.4 Å². The van der Waals surface area contributed by atoms with Crippen LogP contribution in [0.25, 0.3) is 0 Å². The van der Waals surface area contributed by atoms with Gasteiger partial charge in [-0.25, -0.2) is 0 Å². The Morgan fingerprint density at radius 3 is 2.45 bits per heavy atom. The minimum Gasteiger partial charge on any atom is -0.394 e. The molecule has 0 amide bonds. The summed E-state index contributed by atoms with van der Waals surface area (Å²) in [6.07, 6.45) is -2.54. The van der Waals surface area contributed by atoms with Gasteiger partial charge in [-0.15, -0.1) is 0 Å². The standard InChI is InChI=1S/C16H20O6/c1-16(2)21-13-12-11(19-15(13)22-16)10(8-17)18-14(20-12)9-6-4-3-5-7-9/h3-7,10-15,17H,8H2,1-2H3/t10-,11-,12+,13-,14+,15-/m1/s1. The van der Waals surface area contributed by atoms with E-state index in [0.29, 0.717) is 0 Å². The maximum atomic E-state index is 9.63. The Morgan fingerprint density at radius 2 is 1.73 bits per heavy atom. The normalized spacial score (nSPS) is 42.9. The van der Waals surface area contributed by atoms with E-state index in [9.17, 15) is 5.11 Å². The van der Waals surface area contributed by atoms with Crippen LogP contribution in [0.15, 0.2) is 30.3 Å². The zero-order valence-corrected chi connectivity index (χ0v) is 12.5. The first-order valence-corrected chi connectivity index (χ1v) is 7.55. The number of fused-ring (bicyclic) bond motifs is 3. The van der Waals surface area contributed by atoms with E-state index in [-0.39, 0.29) is 18.8 Å². The molecule has 0 spiro atoms. The number of aliphatic hydroxyl groups is 1. The lowest BCUT2D eigenvalue weighted by Gasteiger charge is -2.39. The summed E-state index contributed by atoms with van der Waals surface area (Å²) in [5, 5.41) is 9.63. The Balaban J connectivity index is 1.59. The van der Waals surface area contributed by atoms with E-state index >= 15 is 0 Å². The Kier molecular flexibility index (Phi) is 3.48. The van der Waals surface area contributed by atoms with E-state index in [0.717, 1.165) is 5.56 Å². The maximum Gasteiger partial charge on any atom is 0.190 e. The van der Waals surface area contributed by atoms with Crippen molar-refractivity contribution in [1.82, 2.24) is 0 Å². The summed E-state index contributed by atoms with van der Waals surface area (Å²) in [4.78, 5) is 0. The van der Waals surface area contributed by atoms with Gasteiger partial charge in [-0.2, -0.15) is 0 Å². The van der Waals surface area contributed by atoms with E-state index in [1.54, 1.807) is 0 Å². The first-order valence-electron chi connectivity index (χ1n) is 7.55. The summed E-state index contributed by atoms with van der Waals surface area (Å²) in [6, 6.07) is 9.65. The van der Waals surface area contributed by atoms with Crippen molar-refractivity contribution in [3.05, 3.63) is 35.9 Å². The molecule has 0 radical (unpaired) electrons. The monoisotopic (exact) mass is 308 g/mol. The van der Waals surface area contributed by atoms with Gasteiger partial charge in [0, 0.05) is 5.56 Å². The molecule has 3 heterocycles. The lowest BCUT2D eigenvalue weighted by Crippen LogP contribution is -2.50. The summed E-state index contributed by atoms with van der Waals surface area (Å²) in [7, 11) is 0. The van der Waals surface area contributed by atoms with Crippen LogP contribution in [-0.4, -0.2) is 48.2 Å².